The summed E-state index contributed by atoms with van der Waals surface area (Å²) in [6.07, 6.45) is 0.180. The molecule has 118 valence electrons. The molecule has 0 saturated heterocycles. The Balaban J connectivity index is 1.80. The molecule has 2 aromatic carbocycles. The summed E-state index contributed by atoms with van der Waals surface area (Å²) in [5.41, 5.74) is 2.09. The maximum atomic E-state index is 11.5. The third kappa shape index (κ3) is 5.32. The molecule has 2 aromatic rings. The maximum Gasteiger partial charge on any atom is 0.513 e. The topological polar surface area (TPSA) is 61.8 Å². The van der Waals surface area contributed by atoms with Crippen LogP contribution in [-0.2, 0) is 14.3 Å². The smallest absolute Gasteiger partial charge is 0.459 e. The normalized spacial score (nSPS) is 9.74. The van der Waals surface area contributed by atoms with E-state index < -0.39 is 12.1 Å². The molecule has 0 heterocycles. The van der Waals surface area contributed by atoms with Crippen molar-refractivity contribution in [3.05, 3.63) is 67.3 Å². The van der Waals surface area contributed by atoms with Crippen molar-refractivity contribution >= 4 is 12.1 Å². The molecule has 0 unspecified atom stereocenters. The first-order chi connectivity index (χ1) is 11.2. The Morgan fingerprint density at radius 2 is 1.48 bits per heavy atom. The molecule has 5 nitrogen and oxygen atoms in total. The summed E-state index contributed by atoms with van der Waals surface area (Å²) in [4.78, 5) is 22.3. The van der Waals surface area contributed by atoms with E-state index in [1.807, 2.05) is 42.5 Å². The standard InChI is InChI=1S/C18H16O5/c1-2-17(19)21-12-13-22-18(20)23-16-10-8-15(9-11-16)14-6-4-3-5-7-14/h2-11H,1,12-13H2. The maximum absolute atomic E-state index is 11.5. The van der Waals surface area contributed by atoms with Crippen molar-refractivity contribution in [2.45, 2.75) is 0 Å². The monoisotopic (exact) mass is 312 g/mol. The van der Waals surface area contributed by atoms with E-state index in [2.05, 4.69) is 11.3 Å². The summed E-state index contributed by atoms with van der Waals surface area (Å²) in [5.74, 6) is -0.198. The van der Waals surface area contributed by atoms with Crippen LogP contribution in [0.3, 0.4) is 0 Å². The van der Waals surface area contributed by atoms with E-state index in [0.29, 0.717) is 5.75 Å². The van der Waals surface area contributed by atoms with Gasteiger partial charge in [0.25, 0.3) is 0 Å². The zero-order chi connectivity index (χ0) is 16.5. The van der Waals surface area contributed by atoms with Crippen molar-refractivity contribution in [2.75, 3.05) is 13.2 Å². The molecule has 0 atom stereocenters. The molecule has 0 radical (unpaired) electrons. The Morgan fingerprint density at radius 3 is 2.13 bits per heavy atom. The highest BCUT2D eigenvalue weighted by molar-refractivity contribution is 5.81. The molecule has 2 rings (SSSR count). The van der Waals surface area contributed by atoms with Gasteiger partial charge in [-0.2, -0.15) is 0 Å². The average molecular weight is 312 g/mol. The van der Waals surface area contributed by atoms with Gasteiger partial charge in [0, 0.05) is 6.08 Å². The van der Waals surface area contributed by atoms with Gasteiger partial charge in [-0.3, -0.25) is 0 Å². The molecule has 0 aliphatic carbocycles. The molecule has 0 aliphatic rings. The molecular formula is C18H16O5. The highest BCUT2D eigenvalue weighted by Gasteiger charge is 2.07. The molecule has 0 amide bonds. The van der Waals surface area contributed by atoms with Crippen molar-refractivity contribution < 1.29 is 23.8 Å². The van der Waals surface area contributed by atoms with E-state index in [-0.39, 0.29) is 13.2 Å². The third-order valence-corrected chi connectivity index (χ3v) is 2.88. The lowest BCUT2D eigenvalue weighted by molar-refractivity contribution is -0.138. The molecule has 5 heteroatoms. The van der Waals surface area contributed by atoms with Crippen LogP contribution in [0.4, 0.5) is 4.79 Å². The Bertz CT molecular complexity index is 662. The first kappa shape index (κ1) is 16.3. The lowest BCUT2D eigenvalue weighted by Crippen LogP contribution is -2.15. The highest BCUT2D eigenvalue weighted by Crippen LogP contribution is 2.22. The van der Waals surface area contributed by atoms with Crippen LogP contribution in [0.5, 0.6) is 5.75 Å². The molecule has 0 aliphatic heterocycles. The van der Waals surface area contributed by atoms with E-state index in [0.717, 1.165) is 17.2 Å². The summed E-state index contributed by atoms with van der Waals surface area (Å²) < 4.78 is 14.5. The number of rotatable bonds is 6. The van der Waals surface area contributed by atoms with Gasteiger partial charge in [-0.15, -0.1) is 0 Å². The van der Waals surface area contributed by atoms with Crippen molar-refractivity contribution in [3.63, 3.8) is 0 Å². The molecule has 0 saturated carbocycles. The summed E-state index contributed by atoms with van der Waals surface area (Å²) in [5, 5.41) is 0. The van der Waals surface area contributed by atoms with E-state index in [1.165, 1.54) is 0 Å². The lowest BCUT2D eigenvalue weighted by atomic mass is 10.1. The van der Waals surface area contributed by atoms with E-state index in [1.54, 1.807) is 12.1 Å². The van der Waals surface area contributed by atoms with Crippen molar-refractivity contribution in [3.8, 4) is 16.9 Å². The van der Waals surface area contributed by atoms with Crippen LogP contribution >= 0.6 is 0 Å². The van der Waals surface area contributed by atoms with Crippen LogP contribution in [0.15, 0.2) is 67.3 Å². The molecule has 0 N–H and O–H groups in total. The minimum Gasteiger partial charge on any atom is -0.459 e. The molecule has 0 fully saturated rings. The summed E-state index contributed by atoms with van der Waals surface area (Å²) in [6, 6.07) is 16.9. The zero-order valence-corrected chi connectivity index (χ0v) is 12.4. The highest BCUT2D eigenvalue weighted by atomic mass is 16.7. The van der Waals surface area contributed by atoms with Crippen LogP contribution < -0.4 is 4.74 Å². The lowest BCUT2D eigenvalue weighted by Gasteiger charge is -2.07. The third-order valence-electron chi connectivity index (χ3n) is 2.88. The minimum atomic E-state index is -0.855. The SMILES string of the molecule is C=CC(=O)OCCOC(=O)Oc1ccc(-c2ccccc2)cc1. The molecular weight excluding hydrogens is 296 g/mol. The van der Waals surface area contributed by atoms with Gasteiger partial charge in [-0.05, 0) is 23.3 Å². The van der Waals surface area contributed by atoms with E-state index >= 15 is 0 Å². The number of hydrogen-bond donors (Lipinski definition) is 0. The van der Waals surface area contributed by atoms with Crippen LogP contribution in [0.2, 0.25) is 0 Å². The zero-order valence-electron chi connectivity index (χ0n) is 12.4. The molecule has 23 heavy (non-hydrogen) atoms. The summed E-state index contributed by atoms with van der Waals surface area (Å²) >= 11 is 0. The number of benzene rings is 2. The first-order valence-electron chi connectivity index (χ1n) is 6.98. The number of carbonyl (C=O) groups is 2. The molecule has 0 bridgehead atoms. The van der Waals surface area contributed by atoms with Crippen molar-refractivity contribution in [2.24, 2.45) is 0 Å². The Hall–Kier alpha value is -3.08. The first-order valence-corrected chi connectivity index (χ1v) is 6.98. The van der Waals surface area contributed by atoms with Gasteiger partial charge in [0.05, 0.1) is 0 Å². The average Bonchev–Trinajstić information content (AvgIpc) is 2.60. The largest absolute Gasteiger partial charge is 0.513 e. The minimum absolute atomic E-state index is 0.0487. The summed E-state index contributed by atoms with van der Waals surface area (Å²) in [6.45, 7) is 3.12. The second-order valence-corrected chi connectivity index (χ2v) is 4.46. The quantitative estimate of drug-likeness (QED) is 0.353. The van der Waals surface area contributed by atoms with Gasteiger partial charge < -0.3 is 14.2 Å². The second-order valence-electron chi connectivity index (χ2n) is 4.46. The van der Waals surface area contributed by atoms with Gasteiger partial charge in [0.15, 0.2) is 0 Å². The second kappa shape index (κ2) is 8.38. The molecule has 0 spiro atoms. The number of ether oxygens (including phenoxy) is 3. The van der Waals surface area contributed by atoms with Crippen LogP contribution in [0.1, 0.15) is 0 Å². The predicted octanol–water partition coefficient (Wildman–Crippen LogP) is 3.60. The number of carbonyl (C=O) groups excluding carboxylic acids is 2. The van der Waals surface area contributed by atoms with Gasteiger partial charge in [-0.1, -0.05) is 49.0 Å². The Labute approximate surface area is 134 Å². The Kier molecular flexibility index (Phi) is 5.94. The Morgan fingerprint density at radius 1 is 0.870 bits per heavy atom. The number of hydrogen-bond acceptors (Lipinski definition) is 5. The number of esters is 1. The van der Waals surface area contributed by atoms with E-state index in [4.69, 9.17) is 9.47 Å². The van der Waals surface area contributed by atoms with Crippen LogP contribution in [0.25, 0.3) is 11.1 Å². The van der Waals surface area contributed by atoms with Gasteiger partial charge >= 0.3 is 12.1 Å². The fourth-order valence-electron chi connectivity index (χ4n) is 1.80. The van der Waals surface area contributed by atoms with E-state index in [9.17, 15) is 9.59 Å². The van der Waals surface area contributed by atoms with Crippen molar-refractivity contribution in [1.82, 2.24) is 0 Å². The fourth-order valence-corrected chi connectivity index (χ4v) is 1.80. The van der Waals surface area contributed by atoms with Gasteiger partial charge in [0.1, 0.15) is 19.0 Å². The van der Waals surface area contributed by atoms with Crippen molar-refractivity contribution in [1.29, 1.82) is 0 Å². The fraction of sp³-hybridized carbons (Fsp3) is 0.111. The van der Waals surface area contributed by atoms with Gasteiger partial charge in [0.2, 0.25) is 0 Å². The van der Waals surface area contributed by atoms with Crippen LogP contribution in [-0.4, -0.2) is 25.3 Å². The summed E-state index contributed by atoms with van der Waals surface area (Å²) in [7, 11) is 0. The van der Waals surface area contributed by atoms with Gasteiger partial charge in [-0.25, -0.2) is 9.59 Å². The van der Waals surface area contributed by atoms with Crippen LogP contribution in [0, 0.1) is 0 Å². The molecule has 0 aromatic heterocycles. The predicted molar refractivity (Wildman–Crippen MR) is 85.0 cm³/mol.